The second kappa shape index (κ2) is 6.04. The van der Waals surface area contributed by atoms with Crippen molar-refractivity contribution in [2.75, 3.05) is 13.2 Å². The van der Waals surface area contributed by atoms with E-state index in [2.05, 4.69) is 10.6 Å². The van der Waals surface area contributed by atoms with Crippen LogP contribution in [0.2, 0.25) is 0 Å². The fraction of sp³-hybridized carbons (Fsp3) is 0.833. The third kappa shape index (κ3) is 3.60. The number of urea groups is 1. The van der Waals surface area contributed by atoms with Gasteiger partial charge in [0.05, 0.1) is 18.6 Å². The molecule has 18 heavy (non-hydrogen) atoms. The quantitative estimate of drug-likeness (QED) is 0.694. The number of hydrogen-bond acceptors (Lipinski definition) is 3. The minimum Gasteiger partial charge on any atom is -0.481 e. The minimum absolute atomic E-state index is 0.0180. The summed E-state index contributed by atoms with van der Waals surface area (Å²) in [6.45, 7) is 1.33. The maximum absolute atomic E-state index is 11.7. The molecule has 1 heterocycles. The molecule has 1 saturated carbocycles. The highest BCUT2D eigenvalue weighted by Gasteiger charge is 2.30. The Balaban J connectivity index is 1.69. The zero-order chi connectivity index (χ0) is 13.0. The van der Waals surface area contributed by atoms with Gasteiger partial charge in [-0.1, -0.05) is 0 Å². The van der Waals surface area contributed by atoms with Gasteiger partial charge >= 0.3 is 12.0 Å². The monoisotopic (exact) mass is 256 g/mol. The van der Waals surface area contributed by atoms with Gasteiger partial charge < -0.3 is 20.5 Å². The lowest BCUT2D eigenvalue weighted by atomic mass is 10.1. The van der Waals surface area contributed by atoms with Gasteiger partial charge in [-0.15, -0.1) is 0 Å². The number of carboxylic acids is 1. The van der Waals surface area contributed by atoms with E-state index in [0.29, 0.717) is 19.4 Å². The van der Waals surface area contributed by atoms with Crippen molar-refractivity contribution in [1.82, 2.24) is 10.6 Å². The summed E-state index contributed by atoms with van der Waals surface area (Å²) in [4.78, 5) is 22.5. The Morgan fingerprint density at radius 1 is 1.11 bits per heavy atom. The SMILES string of the molecule is O=C(NC1CCCOC1)N[C@H]1CC[C@@H](C(=O)O)C1. The van der Waals surface area contributed by atoms with Crippen molar-refractivity contribution in [2.45, 2.75) is 44.2 Å². The number of amides is 2. The van der Waals surface area contributed by atoms with Gasteiger partial charge in [0.25, 0.3) is 0 Å². The molecule has 3 atom stereocenters. The molecule has 0 aromatic rings. The average Bonchev–Trinajstić information content (AvgIpc) is 2.78. The van der Waals surface area contributed by atoms with Crippen LogP contribution >= 0.6 is 0 Å². The second-order valence-corrected chi connectivity index (χ2v) is 5.08. The first kappa shape index (κ1) is 13.1. The Bertz CT molecular complexity index is 315. The Labute approximate surface area is 106 Å². The summed E-state index contributed by atoms with van der Waals surface area (Å²) in [5.74, 6) is -1.08. The molecule has 6 nitrogen and oxygen atoms in total. The molecular formula is C12H20N2O4. The summed E-state index contributed by atoms with van der Waals surface area (Å²) in [5.41, 5.74) is 0. The largest absolute Gasteiger partial charge is 0.481 e. The number of hydrogen-bond donors (Lipinski definition) is 3. The lowest BCUT2D eigenvalue weighted by molar-refractivity contribution is -0.141. The van der Waals surface area contributed by atoms with Crippen molar-refractivity contribution >= 4 is 12.0 Å². The molecule has 2 fully saturated rings. The van der Waals surface area contributed by atoms with Crippen LogP contribution in [-0.4, -0.2) is 42.4 Å². The molecule has 1 aliphatic heterocycles. The normalized spacial score (nSPS) is 31.9. The molecule has 1 saturated heterocycles. The van der Waals surface area contributed by atoms with Gasteiger partial charge in [0.2, 0.25) is 0 Å². The van der Waals surface area contributed by atoms with E-state index in [9.17, 15) is 9.59 Å². The second-order valence-electron chi connectivity index (χ2n) is 5.08. The molecule has 102 valence electrons. The number of carboxylic acid groups (broad SMARTS) is 1. The molecule has 6 heteroatoms. The van der Waals surface area contributed by atoms with Gasteiger partial charge in [-0.05, 0) is 32.1 Å². The van der Waals surface area contributed by atoms with Gasteiger partial charge in [-0.25, -0.2) is 4.79 Å². The Morgan fingerprint density at radius 3 is 2.50 bits per heavy atom. The van der Waals surface area contributed by atoms with Crippen LogP contribution in [0.4, 0.5) is 4.79 Å². The van der Waals surface area contributed by atoms with Crippen molar-refractivity contribution in [2.24, 2.45) is 5.92 Å². The number of rotatable bonds is 3. The summed E-state index contributed by atoms with van der Waals surface area (Å²) in [6.07, 6.45) is 3.83. The molecule has 0 aromatic heterocycles. The van der Waals surface area contributed by atoms with Gasteiger partial charge in [0.15, 0.2) is 0 Å². The lowest BCUT2D eigenvalue weighted by Gasteiger charge is -2.24. The molecular weight excluding hydrogens is 236 g/mol. The van der Waals surface area contributed by atoms with Crippen LogP contribution in [-0.2, 0) is 9.53 Å². The van der Waals surface area contributed by atoms with Crippen molar-refractivity contribution in [3.8, 4) is 0 Å². The third-order valence-corrected chi connectivity index (χ3v) is 3.61. The van der Waals surface area contributed by atoms with E-state index in [-0.39, 0.29) is 24.0 Å². The van der Waals surface area contributed by atoms with Crippen LogP contribution in [0.25, 0.3) is 0 Å². The number of ether oxygens (including phenoxy) is 1. The molecule has 0 bridgehead atoms. The van der Waals surface area contributed by atoms with Crippen molar-refractivity contribution in [1.29, 1.82) is 0 Å². The molecule has 2 amide bonds. The smallest absolute Gasteiger partial charge is 0.315 e. The fourth-order valence-corrected chi connectivity index (χ4v) is 2.60. The molecule has 0 radical (unpaired) electrons. The van der Waals surface area contributed by atoms with E-state index in [1.54, 1.807) is 0 Å². The summed E-state index contributed by atoms with van der Waals surface area (Å²) >= 11 is 0. The topological polar surface area (TPSA) is 87.7 Å². The van der Waals surface area contributed by atoms with E-state index in [4.69, 9.17) is 9.84 Å². The van der Waals surface area contributed by atoms with E-state index in [1.807, 2.05) is 0 Å². The predicted molar refractivity (Wildman–Crippen MR) is 64.3 cm³/mol. The van der Waals surface area contributed by atoms with Gasteiger partial charge in [-0.2, -0.15) is 0 Å². The zero-order valence-electron chi connectivity index (χ0n) is 10.4. The molecule has 2 rings (SSSR count). The third-order valence-electron chi connectivity index (χ3n) is 3.61. The Hall–Kier alpha value is -1.30. The van der Waals surface area contributed by atoms with Gasteiger partial charge in [0, 0.05) is 12.6 Å². The molecule has 0 aromatic carbocycles. The first-order chi connectivity index (χ1) is 8.65. The average molecular weight is 256 g/mol. The number of carbonyl (C=O) groups excluding carboxylic acids is 1. The first-order valence-electron chi connectivity index (χ1n) is 6.52. The lowest BCUT2D eigenvalue weighted by Crippen LogP contribution is -2.48. The predicted octanol–water partition coefficient (Wildman–Crippen LogP) is 0.718. The van der Waals surface area contributed by atoms with Crippen molar-refractivity contribution < 1.29 is 19.4 Å². The molecule has 3 N–H and O–H groups in total. The fourth-order valence-electron chi connectivity index (χ4n) is 2.60. The number of nitrogens with one attached hydrogen (secondary N) is 2. The number of aliphatic carboxylic acids is 1. The molecule has 2 aliphatic rings. The summed E-state index contributed by atoms with van der Waals surface area (Å²) in [5, 5.41) is 14.6. The highest BCUT2D eigenvalue weighted by molar-refractivity contribution is 5.75. The molecule has 0 spiro atoms. The van der Waals surface area contributed by atoms with E-state index in [1.165, 1.54) is 0 Å². The molecule has 1 aliphatic carbocycles. The first-order valence-corrected chi connectivity index (χ1v) is 6.52. The highest BCUT2D eigenvalue weighted by Crippen LogP contribution is 2.25. The summed E-state index contributed by atoms with van der Waals surface area (Å²) < 4.78 is 5.28. The Kier molecular flexibility index (Phi) is 4.41. The van der Waals surface area contributed by atoms with E-state index < -0.39 is 5.97 Å². The standard InChI is InChI=1S/C12H20N2O4/c15-11(16)8-3-4-9(6-8)13-12(17)14-10-2-1-5-18-7-10/h8-10H,1-7H2,(H,15,16)(H2,13,14,17)/t8-,9+,10?/m1/s1. The van der Waals surface area contributed by atoms with Crippen molar-refractivity contribution in [3.05, 3.63) is 0 Å². The van der Waals surface area contributed by atoms with E-state index >= 15 is 0 Å². The van der Waals surface area contributed by atoms with Crippen LogP contribution in [0.3, 0.4) is 0 Å². The maximum atomic E-state index is 11.7. The van der Waals surface area contributed by atoms with Crippen LogP contribution in [0.15, 0.2) is 0 Å². The number of carbonyl (C=O) groups is 2. The minimum atomic E-state index is -0.764. The van der Waals surface area contributed by atoms with Crippen molar-refractivity contribution in [3.63, 3.8) is 0 Å². The van der Waals surface area contributed by atoms with Crippen LogP contribution in [0, 0.1) is 5.92 Å². The summed E-state index contributed by atoms with van der Waals surface area (Å²) in [7, 11) is 0. The van der Waals surface area contributed by atoms with Crippen LogP contribution in [0.5, 0.6) is 0 Å². The van der Waals surface area contributed by atoms with Gasteiger partial charge in [0.1, 0.15) is 0 Å². The van der Waals surface area contributed by atoms with Gasteiger partial charge in [-0.3, -0.25) is 4.79 Å². The summed E-state index contributed by atoms with van der Waals surface area (Å²) in [6, 6.07) is -0.146. The van der Waals surface area contributed by atoms with Crippen LogP contribution < -0.4 is 10.6 Å². The molecule has 1 unspecified atom stereocenters. The maximum Gasteiger partial charge on any atom is 0.315 e. The van der Waals surface area contributed by atoms with Crippen LogP contribution in [0.1, 0.15) is 32.1 Å². The zero-order valence-corrected chi connectivity index (χ0v) is 10.4. The van der Waals surface area contributed by atoms with E-state index in [0.717, 1.165) is 25.9 Å². The highest BCUT2D eigenvalue weighted by atomic mass is 16.5. The Morgan fingerprint density at radius 2 is 1.89 bits per heavy atom.